The molecule has 0 aromatic carbocycles. The minimum atomic E-state index is -0.306. The fraction of sp³-hybridized carbons (Fsp3) is 0.538. The average molecular weight is 234 g/mol. The van der Waals surface area contributed by atoms with E-state index in [9.17, 15) is 4.79 Å². The Labute approximate surface area is 102 Å². The van der Waals surface area contributed by atoms with Gasteiger partial charge in [0.05, 0.1) is 12.7 Å². The minimum absolute atomic E-state index is 0.306. The van der Waals surface area contributed by atoms with Crippen LogP contribution in [-0.4, -0.2) is 31.2 Å². The van der Waals surface area contributed by atoms with Gasteiger partial charge in [0.2, 0.25) is 0 Å². The Hall–Kier alpha value is -1.58. The van der Waals surface area contributed by atoms with Crippen LogP contribution in [0.15, 0.2) is 18.3 Å². The SMILES string of the molecule is CCC1CCN(c2cc(C(=O)OC)ccn2)C1. The van der Waals surface area contributed by atoms with Crippen molar-refractivity contribution < 1.29 is 9.53 Å². The van der Waals surface area contributed by atoms with Gasteiger partial charge in [-0.15, -0.1) is 0 Å². The number of carbonyl (C=O) groups is 1. The second-order valence-electron chi connectivity index (χ2n) is 4.40. The number of pyridine rings is 1. The Morgan fingerprint density at radius 3 is 3.12 bits per heavy atom. The lowest BCUT2D eigenvalue weighted by atomic mass is 10.1. The smallest absolute Gasteiger partial charge is 0.338 e. The molecule has 1 atom stereocenters. The predicted molar refractivity (Wildman–Crippen MR) is 66.2 cm³/mol. The molecular formula is C13H18N2O2. The van der Waals surface area contributed by atoms with E-state index in [1.807, 2.05) is 6.07 Å². The first-order chi connectivity index (χ1) is 8.24. The molecule has 92 valence electrons. The second-order valence-corrected chi connectivity index (χ2v) is 4.40. The molecule has 1 aromatic rings. The summed E-state index contributed by atoms with van der Waals surface area (Å²) in [4.78, 5) is 18.0. The first-order valence-corrected chi connectivity index (χ1v) is 6.04. The molecule has 4 heteroatoms. The van der Waals surface area contributed by atoms with Crippen LogP contribution < -0.4 is 4.90 Å². The second kappa shape index (κ2) is 5.17. The summed E-state index contributed by atoms with van der Waals surface area (Å²) >= 11 is 0. The largest absolute Gasteiger partial charge is 0.465 e. The number of carbonyl (C=O) groups excluding carboxylic acids is 1. The summed E-state index contributed by atoms with van der Waals surface area (Å²) in [5.41, 5.74) is 0.567. The van der Waals surface area contributed by atoms with Crippen LogP contribution in [0.3, 0.4) is 0 Å². The number of hydrogen-bond donors (Lipinski definition) is 0. The van der Waals surface area contributed by atoms with E-state index in [0.717, 1.165) is 24.8 Å². The maximum Gasteiger partial charge on any atom is 0.338 e. The molecule has 0 bridgehead atoms. The third-order valence-corrected chi connectivity index (χ3v) is 3.35. The Morgan fingerprint density at radius 2 is 2.47 bits per heavy atom. The van der Waals surface area contributed by atoms with Gasteiger partial charge in [-0.25, -0.2) is 9.78 Å². The van der Waals surface area contributed by atoms with Crippen molar-refractivity contribution >= 4 is 11.8 Å². The molecule has 0 saturated carbocycles. The van der Waals surface area contributed by atoms with Crippen molar-refractivity contribution in [2.24, 2.45) is 5.92 Å². The van der Waals surface area contributed by atoms with Crippen LogP contribution in [0.25, 0.3) is 0 Å². The van der Waals surface area contributed by atoms with Crippen LogP contribution in [-0.2, 0) is 4.74 Å². The van der Waals surface area contributed by atoms with Gasteiger partial charge in [0, 0.05) is 19.3 Å². The summed E-state index contributed by atoms with van der Waals surface area (Å²) in [7, 11) is 1.39. The summed E-state index contributed by atoms with van der Waals surface area (Å²) in [6.45, 7) is 4.27. The van der Waals surface area contributed by atoms with Gasteiger partial charge in [0.25, 0.3) is 0 Å². The number of methoxy groups -OCH3 is 1. The zero-order valence-corrected chi connectivity index (χ0v) is 10.3. The van der Waals surface area contributed by atoms with Gasteiger partial charge in [0.1, 0.15) is 5.82 Å². The Morgan fingerprint density at radius 1 is 1.65 bits per heavy atom. The van der Waals surface area contributed by atoms with Crippen molar-refractivity contribution in [3.63, 3.8) is 0 Å². The summed E-state index contributed by atoms with van der Waals surface area (Å²) in [5.74, 6) is 1.32. The van der Waals surface area contributed by atoms with E-state index in [2.05, 4.69) is 16.8 Å². The van der Waals surface area contributed by atoms with Crippen molar-refractivity contribution in [2.75, 3.05) is 25.1 Å². The van der Waals surface area contributed by atoms with Crippen LogP contribution in [0, 0.1) is 5.92 Å². The Bertz CT molecular complexity index is 406. The van der Waals surface area contributed by atoms with E-state index >= 15 is 0 Å². The molecule has 17 heavy (non-hydrogen) atoms. The van der Waals surface area contributed by atoms with Crippen molar-refractivity contribution in [3.05, 3.63) is 23.9 Å². The lowest BCUT2D eigenvalue weighted by Crippen LogP contribution is -2.21. The topological polar surface area (TPSA) is 42.4 Å². The zero-order valence-electron chi connectivity index (χ0n) is 10.3. The van der Waals surface area contributed by atoms with Crippen LogP contribution in [0.4, 0.5) is 5.82 Å². The number of esters is 1. The summed E-state index contributed by atoms with van der Waals surface area (Å²) < 4.78 is 4.71. The maximum absolute atomic E-state index is 11.4. The lowest BCUT2D eigenvalue weighted by molar-refractivity contribution is 0.0600. The lowest BCUT2D eigenvalue weighted by Gasteiger charge is -2.17. The maximum atomic E-state index is 11.4. The number of ether oxygens (including phenoxy) is 1. The molecular weight excluding hydrogens is 216 g/mol. The van der Waals surface area contributed by atoms with Crippen molar-refractivity contribution in [3.8, 4) is 0 Å². The minimum Gasteiger partial charge on any atom is -0.465 e. The first-order valence-electron chi connectivity index (χ1n) is 6.04. The van der Waals surface area contributed by atoms with E-state index < -0.39 is 0 Å². The van der Waals surface area contributed by atoms with Crippen LogP contribution in [0.1, 0.15) is 30.1 Å². The molecule has 0 aliphatic carbocycles. The molecule has 1 aromatic heterocycles. The molecule has 1 aliphatic rings. The van der Waals surface area contributed by atoms with Gasteiger partial charge in [-0.1, -0.05) is 13.3 Å². The normalized spacial score (nSPS) is 19.4. The highest BCUT2D eigenvalue weighted by Gasteiger charge is 2.22. The van der Waals surface area contributed by atoms with Gasteiger partial charge in [-0.05, 0) is 24.5 Å². The molecule has 4 nitrogen and oxygen atoms in total. The summed E-state index contributed by atoms with van der Waals surface area (Å²) in [6.07, 6.45) is 4.08. The van der Waals surface area contributed by atoms with Crippen LogP contribution >= 0.6 is 0 Å². The third-order valence-electron chi connectivity index (χ3n) is 3.35. The molecule has 2 heterocycles. The third kappa shape index (κ3) is 2.57. The number of anilines is 1. The number of aromatic nitrogens is 1. The number of rotatable bonds is 3. The molecule has 1 unspecified atom stereocenters. The van der Waals surface area contributed by atoms with E-state index in [1.165, 1.54) is 20.0 Å². The molecule has 1 aliphatic heterocycles. The first kappa shape index (κ1) is 11.9. The molecule has 1 fully saturated rings. The van der Waals surface area contributed by atoms with Crippen molar-refractivity contribution in [2.45, 2.75) is 19.8 Å². The van der Waals surface area contributed by atoms with Gasteiger partial charge in [-0.2, -0.15) is 0 Å². The quantitative estimate of drug-likeness (QED) is 0.751. The van der Waals surface area contributed by atoms with Crippen molar-refractivity contribution in [1.29, 1.82) is 0 Å². The fourth-order valence-corrected chi connectivity index (χ4v) is 2.21. The fourth-order valence-electron chi connectivity index (χ4n) is 2.21. The highest BCUT2D eigenvalue weighted by molar-refractivity contribution is 5.90. The molecule has 0 spiro atoms. The number of nitrogens with zero attached hydrogens (tertiary/aromatic N) is 2. The Balaban J connectivity index is 2.14. The van der Waals surface area contributed by atoms with Crippen LogP contribution in [0.5, 0.6) is 0 Å². The van der Waals surface area contributed by atoms with E-state index in [4.69, 9.17) is 4.74 Å². The zero-order chi connectivity index (χ0) is 12.3. The van der Waals surface area contributed by atoms with E-state index in [0.29, 0.717) is 5.56 Å². The summed E-state index contributed by atoms with van der Waals surface area (Å²) in [6, 6.07) is 3.49. The number of hydrogen-bond acceptors (Lipinski definition) is 4. The summed E-state index contributed by atoms with van der Waals surface area (Å²) in [5, 5.41) is 0. The highest BCUT2D eigenvalue weighted by atomic mass is 16.5. The highest BCUT2D eigenvalue weighted by Crippen LogP contribution is 2.24. The van der Waals surface area contributed by atoms with Gasteiger partial charge >= 0.3 is 5.97 Å². The van der Waals surface area contributed by atoms with Crippen molar-refractivity contribution in [1.82, 2.24) is 4.98 Å². The van der Waals surface area contributed by atoms with E-state index in [-0.39, 0.29) is 5.97 Å². The molecule has 0 amide bonds. The molecule has 2 rings (SSSR count). The average Bonchev–Trinajstić information content (AvgIpc) is 2.86. The molecule has 1 saturated heterocycles. The molecule has 0 N–H and O–H groups in total. The predicted octanol–water partition coefficient (Wildman–Crippen LogP) is 2.10. The van der Waals surface area contributed by atoms with Gasteiger partial charge in [-0.3, -0.25) is 0 Å². The van der Waals surface area contributed by atoms with Crippen LogP contribution in [0.2, 0.25) is 0 Å². The molecule has 0 radical (unpaired) electrons. The van der Waals surface area contributed by atoms with E-state index in [1.54, 1.807) is 12.3 Å². The van der Waals surface area contributed by atoms with Gasteiger partial charge in [0.15, 0.2) is 0 Å². The van der Waals surface area contributed by atoms with Gasteiger partial charge < -0.3 is 9.64 Å². The Kier molecular flexibility index (Phi) is 3.61. The monoisotopic (exact) mass is 234 g/mol. The standard InChI is InChI=1S/C13H18N2O2/c1-3-10-5-7-15(9-10)12-8-11(4-6-14-12)13(16)17-2/h4,6,8,10H,3,5,7,9H2,1-2H3.